The van der Waals surface area contributed by atoms with E-state index < -0.39 is 28.8 Å². The maximum atomic E-state index is 14.9. The summed E-state index contributed by atoms with van der Waals surface area (Å²) >= 11 is 0. The molecule has 0 radical (unpaired) electrons. The maximum absolute atomic E-state index is 14.9. The fraction of sp³-hybridized carbons (Fsp3) is 0.423. The van der Waals surface area contributed by atoms with E-state index in [1.807, 2.05) is 12.1 Å². The van der Waals surface area contributed by atoms with E-state index in [0.717, 1.165) is 44.1 Å². The lowest BCUT2D eigenvalue weighted by molar-refractivity contribution is -0.138. The Labute approximate surface area is 206 Å². The second-order valence-corrected chi connectivity index (χ2v) is 10.2. The first-order chi connectivity index (χ1) is 16.9. The lowest BCUT2D eigenvalue weighted by Crippen LogP contribution is -2.39. The van der Waals surface area contributed by atoms with Crippen LogP contribution < -0.4 is 4.72 Å². The molecule has 1 fully saturated rings. The van der Waals surface area contributed by atoms with Gasteiger partial charge >= 0.3 is 5.97 Å². The molecular formula is C26H30FN3O4S. The molecule has 35 heavy (non-hydrogen) atoms. The summed E-state index contributed by atoms with van der Waals surface area (Å²) in [6, 6.07) is 10.5. The summed E-state index contributed by atoms with van der Waals surface area (Å²) in [5.74, 6) is -0.770. The molecule has 1 aromatic heterocycles. The number of carboxylic acid groups (broad SMARTS) is 1. The van der Waals surface area contributed by atoms with Gasteiger partial charge < -0.3 is 9.63 Å². The van der Waals surface area contributed by atoms with Gasteiger partial charge in [0.05, 0.1) is 10.5 Å². The van der Waals surface area contributed by atoms with Gasteiger partial charge in [-0.25, -0.2) is 13.3 Å². The molecule has 7 nitrogen and oxygen atoms in total. The summed E-state index contributed by atoms with van der Waals surface area (Å²) in [7, 11) is -1.72. The molecule has 0 bridgehead atoms. The minimum atomic E-state index is -1.72. The van der Waals surface area contributed by atoms with Crippen molar-refractivity contribution in [2.75, 3.05) is 0 Å². The maximum Gasteiger partial charge on any atom is 0.321 e. The van der Waals surface area contributed by atoms with Crippen LogP contribution in [0.1, 0.15) is 68.4 Å². The normalized spacial score (nSPS) is 16.2. The predicted octanol–water partition coefficient (Wildman–Crippen LogP) is 5.18. The quantitative estimate of drug-likeness (QED) is 0.398. The Kier molecular flexibility index (Phi) is 8.41. The van der Waals surface area contributed by atoms with Crippen LogP contribution in [0.15, 0.2) is 51.9 Å². The molecule has 4 rings (SSSR count). The number of halogens is 1. The molecule has 1 heterocycles. The van der Waals surface area contributed by atoms with Gasteiger partial charge in [-0.2, -0.15) is 4.98 Å². The Balaban J connectivity index is 1.43. The number of carbonyl (C=O) groups is 1. The van der Waals surface area contributed by atoms with Crippen molar-refractivity contribution in [2.45, 2.75) is 75.1 Å². The van der Waals surface area contributed by atoms with E-state index in [4.69, 9.17) is 4.52 Å². The first-order valence-corrected chi connectivity index (χ1v) is 13.2. The summed E-state index contributed by atoms with van der Waals surface area (Å²) in [5.41, 5.74) is 1.79. The number of aryl methyl sites for hydroxylation is 1. The summed E-state index contributed by atoms with van der Waals surface area (Å²) in [6.45, 7) is 2.08. The fourth-order valence-corrected chi connectivity index (χ4v) is 5.37. The lowest BCUT2D eigenvalue weighted by Gasteiger charge is -2.17. The Hall–Kier alpha value is -2.91. The SMILES string of the molecule is CCCc1ccc(S(=O)NC(Cc2ccc(-c3noc(C4CCCCC4)n3)c(F)c2)C(=O)O)cc1. The van der Waals surface area contributed by atoms with Gasteiger partial charge in [0.25, 0.3) is 0 Å². The average molecular weight is 500 g/mol. The van der Waals surface area contributed by atoms with Crippen LogP contribution in [-0.4, -0.2) is 31.5 Å². The summed E-state index contributed by atoms with van der Waals surface area (Å²) in [5, 5.41) is 13.6. The second kappa shape index (κ2) is 11.7. The monoisotopic (exact) mass is 499 g/mol. The molecule has 0 aliphatic heterocycles. The van der Waals surface area contributed by atoms with E-state index in [1.54, 1.807) is 18.2 Å². The van der Waals surface area contributed by atoms with Crippen molar-refractivity contribution < 1.29 is 23.0 Å². The number of carboxylic acids is 1. The van der Waals surface area contributed by atoms with Crippen LogP contribution in [0.5, 0.6) is 0 Å². The van der Waals surface area contributed by atoms with Crippen molar-refractivity contribution in [2.24, 2.45) is 0 Å². The second-order valence-electron chi connectivity index (χ2n) is 8.98. The third-order valence-electron chi connectivity index (χ3n) is 6.33. The summed E-state index contributed by atoms with van der Waals surface area (Å²) < 4.78 is 35.7. The molecule has 2 aromatic carbocycles. The Morgan fingerprint density at radius 2 is 1.89 bits per heavy atom. The van der Waals surface area contributed by atoms with E-state index in [0.29, 0.717) is 16.3 Å². The highest BCUT2D eigenvalue weighted by Gasteiger charge is 2.24. The highest BCUT2D eigenvalue weighted by molar-refractivity contribution is 7.83. The van der Waals surface area contributed by atoms with Gasteiger partial charge in [0, 0.05) is 5.92 Å². The van der Waals surface area contributed by atoms with E-state index >= 15 is 0 Å². The van der Waals surface area contributed by atoms with Gasteiger partial charge in [0.1, 0.15) is 22.8 Å². The third-order valence-corrected chi connectivity index (χ3v) is 7.53. The first kappa shape index (κ1) is 25.2. The molecule has 3 aromatic rings. The van der Waals surface area contributed by atoms with Gasteiger partial charge in [0.15, 0.2) is 0 Å². The summed E-state index contributed by atoms with van der Waals surface area (Å²) in [6.07, 6.45) is 7.34. The number of hydrogen-bond donors (Lipinski definition) is 2. The zero-order chi connectivity index (χ0) is 24.8. The number of nitrogens with one attached hydrogen (secondary N) is 1. The minimum Gasteiger partial charge on any atom is -0.480 e. The molecule has 1 aliphatic rings. The lowest BCUT2D eigenvalue weighted by atomic mass is 9.89. The molecule has 0 spiro atoms. The number of benzene rings is 2. The average Bonchev–Trinajstić information content (AvgIpc) is 3.35. The molecular weight excluding hydrogens is 469 g/mol. The van der Waals surface area contributed by atoms with Gasteiger partial charge in [-0.05, 0) is 61.1 Å². The van der Waals surface area contributed by atoms with Gasteiger partial charge in [-0.1, -0.05) is 56.0 Å². The van der Waals surface area contributed by atoms with E-state index in [-0.39, 0.29) is 23.7 Å². The van der Waals surface area contributed by atoms with Crippen LogP contribution in [0, 0.1) is 5.82 Å². The number of aliphatic carboxylic acids is 1. The zero-order valence-electron chi connectivity index (χ0n) is 19.7. The molecule has 186 valence electrons. The van der Waals surface area contributed by atoms with Crippen molar-refractivity contribution >= 4 is 17.0 Å². The third kappa shape index (κ3) is 6.41. The Morgan fingerprint density at radius 1 is 1.17 bits per heavy atom. The zero-order valence-corrected chi connectivity index (χ0v) is 20.5. The molecule has 2 unspecified atom stereocenters. The van der Waals surface area contributed by atoms with Crippen molar-refractivity contribution in [1.82, 2.24) is 14.9 Å². The van der Waals surface area contributed by atoms with E-state index in [9.17, 15) is 18.5 Å². The Morgan fingerprint density at radius 3 is 2.54 bits per heavy atom. The highest BCUT2D eigenvalue weighted by Crippen LogP contribution is 2.33. The fourth-order valence-electron chi connectivity index (χ4n) is 4.41. The van der Waals surface area contributed by atoms with E-state index in [1.165, 1.54) is 18.6 Å². The van der Waals surface area contributed by atoms with Crippen LogP contribution in [0.2, 0.25) is 0 Å². The topological polar surface area (TPSA) is 105 Å². The molecule has 9 heteroatoms. The van der Waals surface area contributed by atoms with Crippen LogP contribution in [-0.2, 0) is 28.6 Å². The van der Waals surface area contributed by atoms with Crippen LogP contribution in [0.25, 0.3) is 11.4 Å². The Bertz CT molecular complexity index is 1180. The van der Waals surface area contributed by atoms with Crippen molar-refractivity contribution in [3.05, 3.63) is 65.3 Å². The minimum absolute atomic E-state index is 0.0360. The van der Waals surface area contributed by atoms with Gasteiger partial charge in [0.2, 0.25) is 11.7 Å². The van der Waals surface area contributed by atoms with E-state index in [2.05, 4.69) is 21.8 Å². The van der Waals surface area contributed by atoms with Crippen LogP contribution in [0.3, 0.4) is 0 Å². The molecule has 0 saturated heterocycles. The van der Waals surface area contributed by atoms with Crippen molar-refractivity contribution in [1.29, 1.82) is 0 Å². The largest absolute Gasteiger partial charge is 0.480 e. The van der Waals surface area contributed by atoms with Crippen molar-refractivity contribution in [3.63, 3.8) is 0 Å². The van der Waals surface area contributed by atoms with Gasteiger partial charge in [-0.3, -0.25) is 4.79 Å². The standard InChI is InChI=1S/C26H30FN3O4S/c1-2-6-17-9-12-20(13-10-17)35(33)30-23(26(31)32)16-18-11-14-21(22(27)15-18)24-28-25(34-29-24)19-7-4-3-5-8-19/h9-15,19,23,30H,2-8,16H2,1H3,(H,31,32). The molecule has 2 N–H and O–H groups in total. The predicted molar refractivity (Wildman–Crippen MR) is 131 cm³/mol. The first-order valence-electron chi connectivity index (χ1n) is 12.1. The number of hydrogen-bond acceptors (Lipinski definition) is 5. The van der Waals surface area contributed by atoms with Crippen LogP contribution in [0.4, 0.5) is 4.39 Å². The van der Waals surface area contributed by atoms with Gasteiger partial charge in [-0.15, -0.1) is 0 Å². The molecule has 2 atom stereocenters. The number of nitrogens with zero attached hydrogens (tertiary/aromatic N) is 2. The van der Waals surface area contributed by atoms with Crippen molar-refractivity contribution in [3.8, 4) is 11.4 Å². The molecule has 0 amide bonds. The number of rotatable bonds is 10. The smallest absolute Gasteiger partial charge is 0.321 e. The number of aromatic nitrogens is 2. The van der Waals surface area contributed by atoms with Crippen LogP contribution >= 0.6 is 0 Å². The highest BCUT2D eigenvalue weighted by atomic mass is 32.2. The molecule has 1 aliphatic carbocycles. The summed E-state index contributed by atoms with van der Waals surface area (Å²) in [4.78, 5) is 16.7. The molecule has 1 saturated carbocycles.